The van der Waals surface area contributed by atoms with Gasteiger partial charge in [0.05, 0.1) is 18.5 Å². The first-order valence-electron chi connectivity index (χ1n) is 9.55. The molecule has 2 aromatic carbocycles. The molecule has 5 nitrogen and oxygen atoms in total. The minimum Gasteiger partial charge on any atom is -0.494 e. The summed E-state index contributed by atoms with van der Waals surface area (Å²) in [4.78, 5) is 19.0. The first-order valence-corrected chi connectivity index (χ1v) is 9.55. The zero-order valence-electron chi connectivity index (χ0n) is 15.9. The fraction of sp³-hybridized carbons (Fsp3) is 0.217. The smallest absolute Gasteiger partial charge is 0.272 e. The third-order valence-electron chi connectivity index (χ3n) is 4.85. The van der Waals surface area contributed by atoms with E-state index in [4.69, 9.17) is 4.74 Å². The van der Waals surface area contributed by atoms with E-state index in [1.165, 1.54) is 11.1 Å². The van der Waals surface area contributed by atoms with Gasteiger partial charge in [0, 0.05) is 18.8 Å². The van der Waals surface area contributed by atoms with Crippen molar-refractivity contribution in [3.8, 4) is 5.75 Å². The molecule has 0 bridgehead atoms. The first-order chi connectivity index (χ1) is 13.7. The molecule has 4 rings (SSSR count). The number of nitrogens with zero attached hydrogens (tertiary/aromatic N) is 2. The zero-order chi connectivity index (χ0) is 19.3. The summed E-state index contributed by atoms with van der Waals surface area (Å²) in [6.07, 6.45) is 2.58. The summed E-state index contributed by atoms with van der Waals surface area (Å²) >= 11 is 0. The number of hydrogen-bond acceptors (Lipinski definition) is 4. The lowest BCUT2D eigenvalue weighted by atomic mass is 10.00. The molecule has 142 valence electrons. The van der Waals surface area contributed by atoms with Gasteiger partial charge in [-0.1, -0.05) is 24.3 Å². The standard InChI is InChI=1S/C23H23N3O2/c1-2-28-21-10-7-19(8-11-21)25-20-9-12-22(24-15-20)23(27)26-14-13-17-5-3-4-6-18(17)16-26/h3-12,15,25H,2,13-14,16H2,1H3. The van der Waals surface area contributed by atoms with Gasteiger partial charge in [-0.25, -0.2) is 4.98 Å². The Hall–Kier alpha value is -3.34. The van der Waals surface area contributed by atoms with Crippen LogP contribution in [0.2, 0.25) is 0 Å². The third-order valence-corrected chi connectivity index (χ3v) is 4.85. The van der Waals surface area contributed by atoms with Gasteiger partial charge in [-0.3, -0.25) is 4.79 Å². The van der Waals surface area contributed by atoms with Crippen LogP contribution in [-0.4, -0.2) is 28.9 Å². The molecule has 0 atom stereocenters. The summed E-state index contributed by atoms with van der Waals surface area (Å²) < 4.78 is 5.45. The number of amides is 1. The van der Waals surface area contributed by atoms with Crippen molar-refractivity contribution in [3.05, 3.63) is 83.7 Å². The number of anilines is 2. The van der Waals surface area contributed by atoms with Gasteiger partial charge in [-0.05, 0) is 60.9 Å². The first kappa shape index (κ1) is 18.0. The average molecular weight is 373 g/mol. The highest BCUT2D eigenvalue weighted by atomic mass is 16.5. The number of carbonyl (C=O) groups is 1. The molecule has 0 saturated carbocycles. The van der Waals surface area contributed by atoms with E-state index in [0.717, 1.165) is 30.1 Å². The average Bonchev–Trinajstić information content (AvgIpc) is 2.75. The molecule has 0 fully saturated rings. The van der Waals surface area contributed by atoms with Gasteiger partial charge in [0.15, 0.2) is 0 Å². The molecule has 1 amide bonds. The van der Waals surface area contributed by atoms with Crippen molar-refractivity contribution in [2.24, 2.45) is 0 Å². The van der Waals surface area contributed by atoms with Crippen LogP contribution in [0.25, 0.3) is 0 Å². The van der Waals surface area contributed by atoms with Crippen LogP contribution >= 0.6 is 0 Å². The Morgan fingerprint density at radius 2 is 1.79 bits per heavy atom. The quantitative estimate of drug-likeness (QED) is 0.719. The zero-order valence-corrected chi connectivity index (χ0v) is 15.9. The van der Waals surface area contributed by atoms with E-state index < -0.39 is 0 Å². The maximum atomic E-state index is 12.8. The SMILES string of the molecule is CCOc1ccc(Nc2ccc(C(=O)N3CCc4ccccc4C3)nc2)cc1. The number of hydrogen-bond donors (Lipinski definition) is 1. The number of aromatic nitrogens is 1. The predicted molar refractivity (Wildman–Crippen MR) is 110 cm³/mol. The fourth-order valence-corrected chi connectivity index (χ4v) is 3.39. The molecule has 1 N–H and O–H groups in total. The van der Waals surface area contributed by atoms with Crippen molar-refractivity contribution in [1.29, 1.82) is 0 Å². The molecule has 1 aromatic heterocycles. The second-order valence-corrected chi connectivity index (χ2v) is 6.76. The van der Waals surface area contributed by atoms with Gasteiger partial charge < -0.3 is 15.0 Å². The molecular formula is C23H23N3O2. The Balaban J connectivity index is 1.41. The molecule has 1 aliphatic rings. The van der Waals surface area contributed by atoms with Crippen LogP contribution in [0.3, 0.4) is 0 Å². The van der Waals surface area contributed by atoms with Crippen LogP contribution < -0.4 is 10.1 Å². The highest BCUT2D eigenvalue weighted by Gasteiger charge is 2.22. The van der Waals surface area contributed by atoms with Crippen molar-refractivity contribution in [2.75, 3.05) is 18.5 Å². The summed E-state index contributed by atoms with van der Waals surface area (Å²) in [5.41, 5.74) is 4.79. The van der Waals surface area contributed by atoms with E-state index in [1.54, 1.807) is 12.3 Å². The molecule has 5 heteroatoms. The number of pyridine rings is 1. The number of carbonyl (C=O) groups excluding carboxylic acids is 1. The Morgan fingerprint density at radius 3 is 2.50 bits per heavy atom. The highest BCUT2D eigenvalue weighted by molar-refractivity contribution is 5.92. The Kier molecular flexibility index (Phi) is 5.24. The van der Waals surface area contributed by atoms with Crippen molar-refractivity contribution >= 4 is 17.3 Å². The molecular weight excluding hydrogens is 350 g/mol. The summed E-state index contributed by atoms with van der Waals surface area (Å²) in [7, 11) is 0. The lowest BCUT2D eigenvalue weighted by Gasteiger charge is -2.28. The molecule has 0 unspecified atom stereocenters. The van der Waals surface area contributed by atoms with Crippen molar-refractivity contribution < 1.29 is 9.53 Å². The summed E-state index contributed by atoms with van der Waals surface area (Å²) in [6.45, 7) is 3.98. The van der Waals surface area contributed by atoms with Crippen LogP contribution in [-0.2, 0) is 13.0 Å². The number of benzene rings is 2. The fourth-order valence-electron chi connectivity index (χ4n) is 3.39. The maximum absolute atomic E-state index is 12.8. The molecule has 0 spiro atoms. The van der Waals surface area contributed by atoms with E-state index in [0.29, 0.717) is 18.8 Å². The topological polar surface area (TPSA) is 54.5 Å². The van der Waals surface area contributed by atoms with Gasteiger partial charge in [0.1, 0.15) is 11.4 Å². The van der Waals surface area contributed by atoms with Crippen molar-refractivity contribution in [1.82, 2.24) is 9.88 Å². The van der Waals surface area contributed by atoms with Crippen LogP contribution in [0.5, 0.6) is 5.75 Å². The normalized spacial score (nSPS) is 13.0. The maximum Gasteiger partial charge on any atom is 0.272 e. The lowest BCUT2D eigenvalue weighted by molar-refractivity contribution is 0.0729. The minimum absolute atomic E-state index is 0.0258. The number of fused-ring (bicyclic) bond motifs is 1. The van der Waals surface area contributed by atoms with Gasteiger partial charge >= 0.3 is 0 Å². The molecule has 3 aromatic rings. The molecule has 2 heterocycles. The van der Waals surface area contributed by atoms with Gasteiger partial charge in [-0.2, -0.15) is 0 Å². The number of ether oxygens (including phenoxy) is 1. The second-order valence-electron chi connectivity index (χ2n) is 6.76. The van der Waals surface area contributed by atoms with E-state index in [-0.39, 0.29) is 5.91 Å². The molecule has 1 aliphatic heterocycles. The lowest BCUT2D eigenvalue weighted by Crippen LogP contribution is -2.36. The molecule has 28 heavy (non-hydrogen) atoms. The second kappa shape index (κ2) is 8.13. The van der Waals surface area contributed by atoms with Gasteiger partial charge in [0.2, 0.25) is 0 Å². The predicted octanol–water partition coefficient (Wildman–Crippen LogP) is 4.42. The van der Waals surface area contributed by atoms with E-state index in [1.807, 2.05) is 54.3 Å². The Morgan fingerprint density at radius 1 is 1.04 bits per heavy atom. The summed E-state index contributed by atoms with van der Waals surface area (Å²) in [6, 6.07) is 19.7. The van der Waals surface area contributed by atoms with E-state index in [9.17, 15) is 4.79 Å². The van der Waals surface area contributed by atoms with Gasteiger partial charge in [0.25, 0.3) is 5.91 Å². The number of nitrogens with one attached hydrogen (secondary N) is 1. The molecule has 0 saturated heterocycles. The van der Waals surface area contributed by atoms with E-state index >= 15 is 0 Å². The van der Waals surface area contributed by atoms with Crippen LogP contribution in [0, 0.1) is 0 Å². The highest BCUT2D eigenvalue weighted by Crippen LogP contribution is 2.22. The Labute approximate surface area is 165 Å². The van der Waals surface area contributed by atoms with Gasteiger partial charge in [-0.15, -0.1) is 0 Å². The molecule has 0 radical (unpaired) electrons. The largest absolute Gasteiger partial charge is 0.494 e. The summed E-state index contributed by atoms with van der Waals surface area (Å²) in [5, 5.41) is 3.29. The van der Waals surface area contributed by atoms with Crippen LogP contribution in [0.15, 0.2) is 66.9 Å². The minimum atomic E-state index is -0.0258. The summed E-state index contributed by atoms with van der Waals surface area (Å²) in [5.74, 6) is 0.817. The van der Waals surface area contributed by atoms with Crippen molar-refractivity contribution in [3.63, 3.8) is 0 Å². The van der Waals surface area contributed by atoms with Crippen molar-refractivity contribution in [2.45, 2.75) is 19.9 Å². The van der Waals surface area contributed by atoms with Crippen LogP contribution in [0.1, 0.15) is 28.5 Å². The monoisotopic (exact) mass is 373 g/mol. The van der Waals surface area contributed by atoms with E-state index in [2.05, 4.69) is 22.4 Å². The number of rotatable bonds is 5. The Bertz CT molecular complexity index is 952. The molecule has 0 aliphatic carbocycles. The third kappa shape index (κ3) is 3.98. The van der Waals surface area contributed by atoms with Crippen LogP contribution in [0.4, 0.5) is 11.4 Å².